The molecule has 0 saturated carbocycles. The fraction of sp³-hybridized carbons (Fsp3) is 0.125. The third kappa shape index (κ3) is 2.27. The van der Waals surface area contributed by atoms with E-state index in [-0.39, 0.29) is 0 Å². The summed E-state index contributed by atoms with van der Waals surface area (Å²) in [5.74, 6) is 1.55. The van der Waals surface area contributed by atoms with E-state index in [4.69, 9.17) is 9.47 Å². The summed E-state index contributed by atoms with van der Waals surface area (Å²) < 4.78 is 11.7. The van der Waals surface area contributed by atoms with E-state index in [1.807, 2.05) is 30.3 Å². The standard InChI is InChI=1S/C16H14BrNO2/c1-19-12-6-11(7-13(9-12)20-2)15-8-10-4-3-5-14(17)16(10)18-15/h3-9,18H,1-2H3. The van der Waals surface area contributed by atoms with Crippen LogP contribution in [-0.4, -0.2) is 19.2 Å². The smallest absolute Gasteiger partial charge is 0.123 e. The van der Waals surface area contributed by atoms with E-state index in [2.05, 4.69) is 33.0 Å². The van der Waals surface area contributed by atoms with E-state index < -0.39 is 0 Å². The Morgan fingerprint density at radius 1 is 0.950 bits per heavy atom. The number of nitrogens with one attached hydrogen (secondary N) is 1. The normalized spacial score (nSPS) is 10.8. The number of benzene rings is 2. The van der Waals surface area contributed by atoms with Gasteiger partial charge in [-0.05, 0) is 40.2 Å². The van der Waals surface area contributed by atoms with Gasteiger partial charge >= 0.3 is 0 Å². The van der Waals surface area contributed by atoms with Crippen molar-refractivity contribution in [2.75, 3.05) is 14.2 Å². The summed E-state index contributed by atoms with van der Waals surface area (Å²) in [7, 11) is 3.31. The van der Waals surface area contributed by atoms with Crippen molar-refractivity contribution in [1.29, 1.82) is 0 Å². The Morgan fingerprint density at radius 2 is 1.65 bits per heavy atom. The van der Waals surface area contributed by atoms with Gasteiger partial charge in [-0.2, -0.15) is 0 Å². The molecule has 1 N–H and O–H groups in total. The van der Waals surface area contributed by atoms with Gasteiger partial charge in [0, 0.05) is 27.2 Å². The van der Waals surface area contributed by atoms with Crippen molar-refractivity contribution in [1.82, 2.24) is 4.98 Å². The monoisotopic (exact) mass is 331 g/mol. The predicted octanol–water partition coefficient (Wildman–Crippen LogP) is 4.61. The number of aromatic nitrogens is 1. The fourth-order valence-electron chi connectivity index (χ4n) is 2.24. The van der Waals surface area contributed by atoms with Crippen molar-refractivity contribution in [3.8, 4) is 22.8 Å². The highest BCUT2D eigenvalue weighted by Crippen LogP contribution is 2.33. The number of fused-ring (bicyclic) bond motifs is 1. The minimum atomic E-state index is 0.775. The molecule has 0 aliphatic heterocycles. The zero-order chi connectivity index (χ0) is 14.1. The zero-order valence-corrected chi connectivity index (χ0v) is 12.8. The first-order valence-electron chi connectivity index (χ1n) is 6.22. The second-order valence-electron chi connectivity index (χ2n) is 4.49. The Kier molecular flexibility index (Phi) is 3.40. The van der Waals surface area contributed by atoms with Crippen LogP contribution in [-0.2, 0) is 0 Å². The molecule has 0 fully saturated rings. The summed E-state index contributed by atoms with van der Waals surface area (Å²) in [4.78, 5) is 3.42. The second kappa shape index (κ2) is 5.21. The quantitative estimate of drug-likeness (QED) is 0.760. The van der Waals surface area contributed by atoms with E-state index in [0.29, 0.717) is 0 Å². The molecular formula is C16H14BrNO2. The van der Waals surface area contributed by atoms with Crippen molar-refractivity contribution < 1.29 is 9.47 Å². The molecule has 102 valence electrons. The van der Waals surface area contributed by atoms with Crippen LogP contribution in [0.5, 0.6) is 11.5 Å². The van der Waals surface area contributed by atoms with Gasteiger partial charge in [0.1, 0.15) is 11.5 Å². The molecule has 0 amide bonds. The van der Waals surface area contributed by atoms with Crippen molar-refractivity contribution >= 4 is 26.8 Å². The predicted molar refractivity (Wildman–Crippen MR) is 84.5 cm³/mol. The maximum Gasteiger partial charge on any atom is 0.123 e. The van der Waals surface area contributed by atoms with Crippen molar-refractivity contribution in [2.24, 2.45) is 0 Å². The molecule has 3 aromatic rings. The first kappa shape index (κ1) is 13.1. The lowest BCUT2D eigenvalue weighted by atomic mass is 10.1. The first-order valence-corrected chi connectivity index (χ1v) is 7.01. The number of aromatic amines is 1. The van der Waals surface area contributed by atoms with Crippen LogP contribution in [0.4, 0.5) is 0 Å². The summed E-state index contributed by atoms with van der Waals surface area (Å²) in [6.45, 7) is 0. The Bertz CT molecular complexity index is 742. The van der Waals surface area contributed by atoms with E-state index in [0.717, 1.165) is 38.1 Å². The van der Waals surface area contributed by atoms with Gasteiger partial charge in [0.2, 0.25) is 0 Å². The van der Waals surface area contributed by atoms with Gasteiger partial charge in [-0.25, -0.2) is 0 Å². The minimum Gasteiger partial charge on any atom is -0.497 e. The van der Waals surface area contributed by atoms with Gasteiger partial charge in [0.15, 0.2) is 0 Å². The third-order valence-corrected chi connectivity index (χ3v) is 3.93. The van der Waals surface area contributed by atoms with Crippen LogP contribution in [0.15, 0.2) is 46.9 Å². The Morgan fingerprint density at radius 3 is 2.25 bits per heavy atom. The number of methoxy groups -OCH3 is 2. The number of hydrogen-bond acceptors (Lipinski definition) is 2. The molecule has 0 bridgehead atoms. The SMILES string of the molecule is COc1cc(OC)cc(-c2cc3cccc(Br)c3[nH]2)c1. The number of para-hydroxylation sites is 1. The first-order chi connectivity index (χ1) is 9.71. The molecule has 3 rings (SSSR count). The van der Waals surface area contributed by atoms with Gasteiger partial charge < -0.3 is 14.5 Å². The van der Waals surface area contributed by atoms with Gasteiger partial charge in [-0.1, -0.05) is 12.1 Å². The van der Waals surface area contributed by atoms with Crippen LogP contribution in [0.1, 0.15) is 0 Å². The lowest BCUT2D eigenvalue weighted by Crippen LogP contribution is -1.88. The fourth-order valence-corrected chi connectivity index (χ4v) is 2.72. The summed E-state index contributed by atoms with van der Waals surface area (Å²) >= 11 is 3.56. The summed E-state index contributed by atoms with van der Waals surface area (Å²) in [5, 5.41) is 1.16. The molecule has 0 saturated heterocycles. The van der Waals surface area contributed by atoms with Crippen LogP contribution < -0.4 is 9.47 Å². The molecule has 0 radical (unpaired) electrons. The molecular weight excluding hydrogens is 318 g/mol. The van der Waals surface area contributed by atoms with Crippen molar-refractivity contribution in [3.05, 3.63) is 46.9 Å². The third-order valence-electron chi connectivity index (χ3n) is 3.27. The van der Waals surface area contributed by atoms with Crippen LogP contribution in [0.2, 0.25) is 0 Å². The van der Waals surface area contributed by atoms with Gasteiger partial charge in [0.05, 0.1) is 19.7 Å². The maximum absolute atomic E-state index is 5.31. The van der Waals surface area contributed by atoms with Crippen LogP contribution in [0, 0.1) is 0 Å². The van der Waals surface area contributed by atoms with E-state index in [1.54, 1.807) is 14.2 Å². The largest absolute Gasteiger partial charge is 0.497 e. The molecule has 20 heavy (non-hydrogen) atoms. The molecule has 2 aromatic carbocycles. The highest BCUT2D eigenvalue weighted by Gasteiger charge is 2.08. The summed E-state index contributed by atoms with van der Waals surface area (Å²) in [6, 6.07) is 14.1. The number of halogens is 1. The highest BCUT2D eigenvalue weighted by molar-refractivity contribution is 9.10. The molecule has 0 spiro atoms. The van der Waals surface area contributed by atoms with Gasteiger partial charge in [-0.3, -0.25) is 0 Å². The highest BCUT2D eigenvalue weighted by atomic mass is 79.9. The van der Waals surface area contributed by atoms with E-state index >= 15 is 0 Å². The van der Waals surface area contributed by atoms with Crippen LogP contribution >= 0.6 is 15.9 Å². The summed E-state index contributed by atoms with van der Waals surface area (Å²) in [6.07, 6.45) is 0. The Labute approximate surface area is 125 Å². The van der Waals surface area contributed by atoms with Gasteiger partial charge in [0.25, 0.3) is 0 Å². The number of ether oxygens (including phenoxy) is 2. The molecule has 0 aliphatic rings. The van der Waals surface area contributed by atoms with Crippen molar-refractivity contribution in [2.45, 2.75) is 0 Å². The van der Waals surface area contributed by atoms with Crippen LogP contribution in [0.3, 0.4) is 0 Å². The molecule has 0 atom stereocenters. The number of hydrogen-bond donors (Lipinski definition) is 1. The Hall–Kier alpha value is -1.94. The number of rotatable bonds is 3. The Balaban J connectivity index is 2.17. The summed E-state index contributed by atoms with van der Waals surface area (Å²) in [5.41, 5.74) is 3.15. The molecule has 3 nitrogen and oxygen atoms in total. The molecule has 1 heterocycles. The second-order valence-corrected chi connectivity index (χ2v) is 5.34. The van der Waals surface area contributed by atoms with E-state index in [9.17, 15) is 0 Å². The van der Waals surface area contributed by atoms with Gasteiger partial charge in [-0.15, -0.1) is 0 Å². The zero-order valence-electron chi connectivity index (χ0n) is 11.2. The molecule has 1 aromatic heterocycles. The minimum absolute atomic E-state index is 0.775. The van der Waals surface area contributed by atoms with E-state index in [1.165, 1.54) is 0 Å². The maximum atomic E-state index is 5.31. The molecule has 0 aliphatic carbocycles. The topological polar surface area (TPSA) is 34.2 Å². The average Bonchev–Trinajstić information content (AvgIpc) is 2.92. The molecule has 4 heteroatoms. The lowest BCUT2D eigenvalue weighted by molar-refractivity contribution is 0.394. The van der Waals surface area contributed by atoms with Crippen molar-refractivity contribution in [3.63, 3.8) is 0 Å². The number of H-pyrrole nitrogens is 1. The lowest BCUT2D eigenvalue weighted by Gasteiger charge is -2.07. The molecule has 0 unspecified atom stereocenters. The average molecular weight is 332 g/mol. The van der Waals surface area contributed by atoms with Crippen LogP contribution in [0.25, 0.3) is 22.2 Å².